The third-order valence-electron chi connectivity index (χ3n) is 12.0. The molecule has 4 heterocycles. The van der Waals surface area contributed by atoms with Gasteiger partial charge in [-0.15, -0.1) is 0 Å². The maximum absolute atomic E-state index is 13.4. The molecular formula is C47H51Cl2N7O8. The average molecular weight is 913 g/mol. The molecule has 1 unspecified atom stereocenters. The third-order valence-corrected chi connectivity index (χ3v) is 12.6. The molecule has 17 heteroatoms. The quantitative estimate of drug-likeness (QED) is 0.0701. The number of hydrogen-bond acceptors (Lipinski definition) is 12. The number of fused-ring (bicyclic) bond motifs is 2. The fourth-order valence-electron chi connectivity index (χ4n) is 8.55. The van der Waals surface area contributed by atoms with Crippen LogP contribution in [0.1, 0.15) is 96.1 Å². The molecule has 0 aliphatic carbocycles. The molecule has 3 aromatic carbocycles. The SMILES string of the molecule is COc1cc(Nc2c(C#N)cnc3cc(OCCCN4CCN(C(=O)CCCCCCCCc5cccc6c5C(=O)N(C5CCC(=O)NC5=O)C6=O)CC4)c(OC)cc23)c(Cl)cc1Cl. The van der Waals surface area contributed by atoms with E-state index in [4.69, 9.17) is 37.4 Å². The van der Waals surface area contributed by atoms with Crippen LogP contribution in [-0.4, -0.2) is 109 Å². The Hall–Kier alpha value is -5.95. The van der Waals surface area contributed by atoms with Gasteiger partial charge in [0.1, 0.15) is 17.9 Å². The molecule has 7 rings (SSSR count). The number of rotatable bonds is 19. The Morgan fingerprint density at radius 1 is 0.891 bits per heavy atom. The summed E-state index contributed by atoms with van der Waals surface area (Å²) in [6, 6.07) is 13.3. The number of piperazine rings is 1. The summed E-state index contributed by atoms with van der Waals surface area (Å²) >= 11 is 12.7. The van der Waals surface area contributed by atoms with Crippen molar-refractivity contribution in [1.29, 1.82) is 5.26 Å². The number of carbonyl (C=O) groups excluding carboxylic acids is 5. The van der Waals surface area contributed by atoms with Gasteiger partial charge in [-0.25, -0.2) is 0 Å². The second kappa shape index (κ2) is 21.2. The second-order valence-corrected chi connectivity index (χ2v) is 16.9. The average Bonchev–Trinajstić information content (AvgIpc) is 3.55. The fourth-order valence-corrected chi connectivity index (χ4v) is 9.06. The molecule has 2 fully saturated rings. The standard InChI is InChI=1S/C47H51Cl2N7O8/c1-62-38-26-36(33(48)24-34(38)49)52-44-30(27-50)28-51-35-25-40(39(63-2)23-32(35)44)64-22-10-17-54-18-20-55(21-19-54)42(58)14-8-6-4-3-5-7-11-29-12-9-13-31-43(29)47(61)56(46(31)60)37-15-16-41(57)53-45(37)59/h9,12-13,23-26,28,37H,3-8,10-11,14-22H2,1-2H3,(H,51,52)(H,53,57,59). The number of imide groups is 2. The van der Waals surface area contributed by atoms with Gasteiger partial charge in [-0.3, -0.25) is 44.1 Å². The van der Waals surface area contributed by atoms with Crippen molar-refractivity contribution in [3.05, 3.63) is 81.0 Å². The molecule has 2 saturated heterocycles. The minimum atomic E-state index is -0.975. The predicted molar refractivity (Wildman–Crippen MR) is 242 cm³/mol. The van der Waals surface area contributed by atoms with Gasteiger partial charge in [0.25, 0.3) is 11.8 Å². The van der Waals surface area contributed by atoms with Gasteiger partial charge >= 0.3 is 0 Å². The summed E-state index contributed by atoms with van der Waals surface area (Å²) in [5.41, 5.74) is 3.40. The van der Waals surface area contributed by atoms with Crippen molar-refractivity contribution in [3.8, 4) is 23.3 Å². The van der Waals surface area contributed by atoms with Gasteiger partial charge in [-0.1, -0.05) is 61.0 Å². The summed E-state index contributed by atoms with van der Waals surface area (Å²) in [7, 11) is 3.07. The van der Waals surface area contributed by atoms with E-state index in [0.717, 1.165) is 75.0 Å². The van der Waals surface area contributed by atoms with Crippen LogP contribution in [0.3, 0.4) is 0 Å². The number of hydrogen-bond donors (Lipinski definition) is 2. The molecule has 1 atom stereocenters. The first kappa shape index (κ1) is 46.1. The lowest BCUT2D eigenvalue weighted by molar-refractivity contribution is -0.136. The number of unbranched alkanes of at least 4 members (excludes halogenated alkanes) is 5. The number of anilines is 2. The molecule has 1 aromatic heterocycles. The van der Waals surface area contributed by atoms with E-state index < -0.39 is 29.7 Å². The van der Waals surface area contributed by atoms with Gasteiger partial charge in [-0.2, -0.15) is 5.26 Å². The van der Waals surface area contributed by atoms with E-state index in [9.17, 15) is 29.2 Å². The smallest absolute Gasteiger partial charge is 0.262 e. The van der Waals surface area contributed by atoms with Crippen LogP contribution in [0.25, 0.3) is 10.9 Å². The molecule has 2 N–H and O–H groups in total. The molecule has 0 spiro atoms. The first-order valence-corrected chi connectivity index (χ1v) is 22.4. The zero-order valence-corrected chi connectivity index (χ0v) is 37.5. The zero-order valence-electron chi connectivity index (χ0n) is 36.0. The Labute approximate surface area is 381 Å². The summed E-state index contributed by atoms with van der Waals surface area (Å²) in [4.78, 5) is 73.4. The topological polar surface area (TPSA) is 183 Å². The molecule has 15 nitrogen and oxygen atoms in total. The summed E-state index contributed by atoms with van der Waals surface area (Å²) in [6.45, 7) is 4.26. The highest BCUT2D eigenvalue weighted by atomic mass is 35.5. The highest BCUT2D eigenvalue weighted by molar-refractivity contribution is 6.37. The number of ether oxygens (including phenoxy) is 3. The van der Waals surface area contributed by atoms with Gasteiger partial charge in [0.05, 0.1) is 64.5 Å². The summed E-state index contributed by atoms with van der Waals surface area (Å²) in [5.74, 6) is -0.311. The van der Waals surface area contributed by atoms with E-state index in [0.29, 0.717) is 98.8 Å². The van der Waals surface area contributed by atoms with Crippen LogP contribution >= 0.6 is 23.2 Å². The van der Waals surface area contributed by atoms with Crippen LogP contribution in [0.2, 0.25) is 10.0 Å². The predicted octanol–water partition coefficient (Wildman–Crippen LogP) is 7.46. The summed E-state index contributed by atoms with van der Waals surface area (Å²) in [6.07, 6.45) is 9.28. The molecule has 0 saturated carbocycles. The molecule has 0 radical (unpaired) electrons. The van der Waals surface area contributed by atoms with Crippen molar-refractivity contribution in [2.75, 3.05) is 58.9 Å². The largest absolute Gasteiger partial charge is 0.495 e. The number of methoxy groups -OCH3 is 2. The molecular weight excluding hydrogens is 861 g/mol. The number of carbonyl (C=O) groups is 5. The fraction of sp³-hybridized carbons (Fsp3) is 0.426. The van der Waals surface area contributed by atoms with Gasteiger partial charge in [-0.05, 0) is 55.9 Å². The zero-order chi connectivity index (χ0) is 45.3. The van der Waals surface area contributed by atoms with Crippen molar-refractivity contribution >= 4 is 75.0 Å². The summed E-state index contributed by atoms with van der Waals surface area (Å²) in [5, 5.41) is 16.8. The molecule has 336 valence electrons. The number of nitrogens with zero attached hydrogens (tertiary/aromatic N) is 5. The Morgan fingerprint density at radius 3 is 2.38 bits per heavy atom. The maximum atomic E-state index is 13.4. The van der Waals surface area contributed by atoms with E-state index in [2.05, 4.69) is 26.6 Å². The first-order valence-electron chi connectivity index (χ1n) is 21.7. The van der Waals surface area contributed by atoms with Crippen molar-refractivity contribution < 1.29 is 38.2 Å². The Balaban J connectivity index is 0.789. The van der Waals surface area contributed by atoms with Crippen LogP contribution in [0.5, 0.6) is 17.2 Å². The number of nitrogens with one attached hydrogen (secondary N) is 2. The minimum Gasteiger partial charge on any atom is -0.495 e. The number of benzene rings is 3. The number of aryl methyl sites for hydroxylation is 1. The number of pyridine rings is 1. The monoisotopic (exact) mass is 911 g/mol. The first-order chi connectivity index (χ1) is 31.0. The number of nitriles is 1. The lowest BCUT2D eigenvalue weighted by Gasteiger charge is -2.34. The van der Waals surface area contributed by atoms with E-state index >= 15 is 0 Å². The lowest BCUT2D eigenvalue weighted by Crippen LogP contribution is -2.54. The molecule has 0 bridgehead atoms. The van der Waals surface area contributed by atoms with Gasteiger partial charge < -0.3 is 24.4 Å². The summed E-state index contributed by atoms with van der Waals surface area (Å²) < 4.78 is 17.2. The minimum absolute atomic E-state index is 0.0860. The molecule has 64 heavy (non-hydrogen) atoms. The van der Waals surface area contributed by atoms with Crippen LogP contribution in [-0.2, 0) is 20.8 Å². The highest BCUT2D eigenvalue weighted by Crippen LogP contribution is 2.41. The second-order valence-electron chi connectivity index (χ2n) is 16.1. The van der Waals surface area contributed by atoms with E-state index in [-0.39, 0.29) is 18.7 Å². The van der Waals surface area contributed by atoms with Crippen LogP contribution in [0.4, 0.5) is 11.4 Å². The van der Waals surface area contributed by atoms with Crippen LogP contribution < -0.4 is 24.8 Å². The molecule has 5 amide bonds. The molecule has 4 aromatic rings. The Morgan fingerprint density at radius 2 is 1.64 bits per heavy atom. The Bertz CT molecular complexity index is 2490. The number of piperidine rings is 1. The van der Waals surface area contributed by atoms with Crippen LogP contribution in [0, 0.1) is 11.3 Å². The van der Waals surface area contributed by atoms with Crippen molar-refractivity contribution in [2.45, 2.75) is 76.7 Å². The third kappa shape index (κ3) is 10.4. The lowest BCUT2D eigenvalue weighted by atomic mass is 9.97. The maximum Gasteiger partial charge on any atom is 0.262 e. The Kier molecular flexibility index (Phi) is 15.2. The van der Waals surface area contributed by atoms with Crippen molar-refractivity contribution in [3.63, 3.8) is 0 Å². The van der Waals surface area contributed by atoms with Crippen molar-refractivity contribution in [2.24, 2.45) is 0 Å². The number of aromatic nitrogens is 1. The number of amides is 5. The van der Waals surface area contributed by atoms with E-state index in [1.54, 1.807) is 43.5 Å². The number of halogens is 2. The van der Waals surface area contributed by atoms with Gasteiger partial charge in [0, 0.05) is 69.3 Å². The van der Waals surface area contributed by atoms with Gasteiger partial charge in [0.15, 0.2) is 11.5 Å². The van der Waals surface area contributed by atoms with E-state index in [1.165, 1.54) is 13.3 Å². The normalized spacial score (nSPS) is 16.5. The van der Waals surface area contributed by atoms with Gasteiger partial charge in [0.2, 0.25) is 17.7 Å². The van der Waals surface area contributed by atoms with Crippen molar-refractivity contribution in [1.82, 2.24) is 25.0 Å². The van der Waals surface area contributed by atoms with Crippen LogP contribution in [0.15, 0.2) is 48.7 Å². The highest BCUT2D eigenvalue weighted by Gasteiger charge is 2.45. The molecule has 3 aliphatic heterocycles. The van der Waals surface area contributed by atoms with E-state index in [1.807, 2.05) is 11.0 Å². The molecule has 3 aliphatic rings.